The minimum atomic E-state index is -0.0998. The van der Waals surface area contributed by atoms with Gasteiger partial charge in [0.1, 0.15) is 6.61 Å². The van der Waals surface area contributed by atoms with Crippen molar-refractivity contribution in [1.29, 1.82) is 0 Å². The SMILES string of the molecule is COc1cc(C(=O)c2cncc3ccccc23)ccc1OCc1ccccc1. The van der Waals surface area contributed by atoms with Crippen molar-refractivity contribution < 1.29 is 14.3 Å². The first-order valence-corrected chi connectivity index (χ1v) is 8.98. The number of ether oxygens (including phenoxy) is 2. The van der Waals surface area contributed by atoms with E-state index in [0.29, 0.717) is 29.2 Å². The van der Waals surface area contributed by atoms with Crippen LogP contribution in [0.3, 0.4) is 0 Å². The monoisotopic (exact) mass is 369 g/mol. The van der Waals surface area contributed by atoms with Crippen molar-refractivity contribution in [2.75, 3.05) is 7.11 Å². The maximum absolute atomic E-state index is 13.1. The van der Waals surface area contributed by atoms with Gasteiger partial charge in [0.25, 0.3) is 0 Å². The smallest absolute Gasteiger partial charge is 0.195 e. The summed E-state index contributed by atoms with van der Waals surface area (Å²) in [7, 11) is 1.57. The Hall–Kier alpha value is -3.66. The molecule has 0 saturated heterocycles. The molecule has 0 atom stereocenters. The second-order valence-corrected chi connectivity index (χ2v) is 6.38. The molecule has 4 nitrogen and oxygen atoms in total. The molecular formula is C24H19NO3. The number of methoxy groups -OCH3 is 1. The largest absolute Gasteiger partial charge is 0.493 e. The van der Waals surface area contributed by atoms with Gasteiger partial charge in [-0.25, -0.2) is 0 Å². The average Bonchev–Trinajstić information content (AvgIpc) is 2.77. The summed E-state index contributed by atoms with van der Waals surface area (Å²) < 4.78 is 11.3. The number of ketones is 1. The van der Waals surface area contributed by atoms with E-state index >= 15 is 0 Å². The standard InChI is InChI=1S/C24H19NO3/c1-27-23-13-18(11-12-22(23)28-16-17-7-3-2-4-8-17)24(26)21-15-25-14-19-9-5-6-10-20(19)21/h2-15H,16H2,1H3. The predicted molar refractivity (Wildman–Crippen MR) is 109 cm³/mol. The molecular weight excluding hydrogens is 350 g/mol. The second-order valence-electron chi connectivity index (χ2n) is 6.38. The molecule has 0 saturated carbocycles. The summed E-state index contributed by atoms with van der Waals surface area (Å²) in [4.78, 5) is 17.3. The van der Waals surface area contributed by atoms with Crippen LogP contribution in [0.25, 0.3) is 10.8 Å². The Morgan fingerprint density at radius 3 is 2.50 bits per heavy atom. The average molecular weight is 369 g/mol. The molecule has 28 heavy (non-hydrogen) atoms. The van der Waals surface area contributed by atoms with Gasteiger partial charge in [-0.3, -0.25) is 9.78 Å². The number of aromatic nitrogens is 1. The van der Waals surface area contributed by atoms with Crippen molar-refractivity contribution in [2.45, 2.75) is 6.61 Å². The molecule has 1 heterocycles. The molecule has 0 bridgehead atoms. The summed E-state index contributed by atoms with van der Waals surface area (Å²) in [6.07, 6.45) is 3.37. The fraction of sp³-hybridized carbons (Fsp3) is 0.0833. The van der Waals surface area contributed by atoms with Gasteiger partial charge in [0.05, 0.1) is 7.11 Å². The van der Waals surface area contributed by atoms with Crippen molar-refractivity contribution in [2.24, 2.45) is 0 Å². The summed E-state index contributed by atoms with van der Waals surface area (Å²) in [5, 5.41) is 1.81. The molecule has 0 N–H and O–H groups in total. The number of fused-ring (bicyclic) bond motifs is 1. The van der Waals surface area contributed by atoms with Crippen molar-refractivity contribution in [3.63, 3.8) is 0 Å². The number of hydrogen-bond acceptors (Lipinski definition) is 4. The normalized spacial score (nSPS) is 10.6. The van der Waals surface area contributed by atoms with E-state index in [1.807, 2.05) is 54.6 Å². The summed E-state index contributed by atoms with van der Waals surface area (Å²) in [5.41, 5.74) is 2.16. The number of hydrogen-bond donors (Lipinski definition) is 0. The van der Waals surface area contributed by atoms with Crippen LogP contribution in [0.15, 0.2) is 85.2 Å². The molecule has 1 aromatic heterocycles. The lowest BCUT2D eigenvalue weighted by Crippen LogP contribution is -2.04. The summed E-state index contributed by atoms with van der Waals surface area (Å²) in [5.74, 6) is 1.02. The maximum atomic E-state index is 13.1. The topological polar surface area (TPSA) is 48.4 Å². The zero-order chi connectivity index (χ0) is 19.3. The van der Waals surface area contributed by atoms with Gasteiger partial charge in [0, 0.05) is 28.9 Å². The second kappa shape index (κ2) is 7.92. The first-order chi connectivity index (χ1) is 13.8. The van der Waals surface area contributed by atoms with Crippen LogP contribution in [0.2, 0.25) is 0 Å². The number of nitrogens with zero attached hydrogens (tertiary/aromatic N) is 1. The molecule has 3 aromatic carbocycles. The highest BCUT2D eigenvalue weighted by Gasteiger charge is 2.16. The molecule has 0 aliphatic carbocycles. The number of rotatable bonds is 6. The van der Waals surface area contributed by atoms with E-state index in [0.717, 1.165) is 16.3 Å². The van der Waals surface area contributed by atoms with Crippen LogP contribution in [-0.4, -0.2) is 17.9 Å². The Morgan fingerprint density at radius 1 is 0.893 bits per heavy atom. The lowest BCUT2D eigenvalue weighted by Gasteiger charge is -2.12. The number of carbonyl (C=O) groups is 1. The minimum absolute atomic E-state index is 0.0998. The lowest BCUT2D eigenvalue weighted by molar-refractivity contribution is 0.103. The Balaban J connectivity index is 1.62. The molecule has 0 spiro atoms. The molecule has 0 unspecified atom stereocenters. The first kappa shape index (κ1) is 17.7. The Morgan fingerprint density at radius 2 is 1.68 bits per heavy atom. The van der Waals surface area contributed by atoms with Gasteiger partial charge in [0.2, 0.25) is 0 Å². The van der Waals surface area contributed by atoms with Crippen LogP contribution in [0.1, 0.15) is 21.5 Å². The van der Waals surface area contributed by atoms with Gasteiger partial charge in [-0.05, 0) is 29.1 Å². The Kier molecular flexibility index (Phi) is 5.02. The highest BCUT2D eigenvalue weighted by molar-refractivity contribution is 6.16. The van der Waals surface area contributed by atoms with Crippen molar-refractivity contribution >= 4 is 16.6 Å². The highest BCUT2D eigenvalue weighted by atomic mass is 16.5. The van der Waals surface area contributed by atoms with Gasteiger partial charge in [-0.1, -0.05) is 54.6 Å². The summed E-state index contributed by atoms with van der Waals surface area (Å²) in [6, 6.07) is 22.9. The van der Waals surface area contributed by atoms with E-state index in [9.17, 15) is 4.79 Å². The fourth-order valence-electron chi connectivity index (χ4n) is 3.12. The molecule has 4 rings (SSSR count). The number of carbonyl (C=O) groups excluding carboxylic acids is 1. The maximum Gasteiger partial charge on any atom is 0.195 e. The summed E-state index contributed by atoms with van der Waals surface area (Å²) >= 11 is 0. The predicted octanol–water partition coefficient (Wildman–Crippen LogP) is 5.05. The molecule has 4 heteroatoms. The Labute approximate surface area is 163 Å². The van der Waals surface area contributed by atoms with Crippen LogP contribution in [0, 0.1) is 0 Å². The zero-order valence-corrected chi connectivity index (χ0v) is 15.5. The summed E-state index contributed by atoms with van der Waals surface area (Å²) in [6.45, 7) is 0.428. The number of benzene rings is 3. The van der Waals surface area contributed by atoms with E-state index in [-0.39, 0.29) is 5.78 Å². The minimum Gasteiger partial charge on any atom is -0.493 e. The number of pyridine rings is 1. The van der Waals surface area contributed by atoms with Crippen LogP contribution in [-0.2, 0) is 6.61 Å². The van der Waals surface area contributed by atoms with Crippen molar-refractivity contribution in [3.8, 4) is 11.5 Å². The first-order valence-electron chi connectivity index (χ1n) is 8.98. The zero-order valence-electron chi connectivity index (χ0n) is 15.5. The van der Waals surface area contributed by atoms with Crippen LogP contribution in [0.5, 0.6) is 11.5 Å². The van der Waals surface area contributed by atoms with Crippen LogP contribution in [0.4, 0.5) is 0 Å². The molecule has 4 aromatic rings. The molecule has 138 valence electrons. The van der Waals surface area contributed by atoms with E-state index in [1.54, 1.807) is 37.7 Å². The van der Waals surface area contributed by atoms with Gasteiger partial charge in [0.15, 0.2) is 17.3 Å². The third-order valence-electron chi connectivity index (χ3n) is 4.58. The van der Waals surface area contributed by atoms with Gasteiger partial charge in [-0.15, -0.1) is 0 Å². The van der Waals surface area contributed by atoms with E-state index in [2.05, 4.69) is 4.98 Å². The van der Waals surface area contributed by atoms with Crippen molar-refractivity contribution in [3.05, 3.63) is 102 Å². The molecule has 0 aliphatic rings. The van der Waals surface area contributed by atoms with Gasteiger partial charge >= 0.3 is 0 Å². The van der Waals surface area contributed by atoms with Crippen molar-refractivity contribution in [1.82, 2.24) is 4.98 Å². The van der Waals surface area contributed by atoms with Crippen LogP contribution >= 0.6 is 0 Å². The molecule has 0 radical (unpaired) electrons. The third-order valence-corrected chi connectivity index (χ3v) is 4.58. The molecule has 0 fully saturated rings. The van der Waals surface area contributed by atoms with E-state index in [4.69, 9.17) is 9.47 Å². The highest BCUT2D eigenvalue weighted by Crippen LogP contribution is 2.30. The van der Waals surface area contributed by atoms with E-state index < -0.39 is 0 Å². The van der Waals surface area contributed by atoms with Gasteiger partial charge in [-0.2, -0.15) is 0 Å². The lowest BCUT2D eigenvalue weighted by atomic mass is 9.99. The fourth-order valence-corrected chi connectivity index (χ4v) is 3.12. The molecule has 0 amide bonds. The third kappa shape index (κ3) is 3.58. The quantitative estimate of drug-likeness (QED) is 0.446. The Bertz CT molecular complexity index is 1120. The van der Waals surface area contributed by atoms with Gasteiger partial charge < -0.3 is 9.47 Å². The molecule has 0 aliphatic heterocycles. The van der Waals surface area contributed by atoms with E-state index in [1.165, 1.54) is 0 Å². The van der Waals surface area contributed by atoms with Crippen LogP contribution < -0.4 is 9.47 Å².